The number of carbonyl (C=O) groups excluding carboxylic acids is 1. The normalized spacial score (nSPS) is 20.9. The van der Waals surface area contributed by atoms with Gasteiger partial charge in [0.15, 0.2) is 0 Å². The SMILES string of the molecule is N#Cc1ccc(CN2CCc3cncn3C(C3CCC3)C2=O)cc1. The van der Waals surface area contributed by atoms with E-state index in [4.69, 9.17) is 5.26 Å². The van der Waals surface area contributed by atoms with Gasteiger partial charge in [0.2, 0.25) is 5.91 Å². The lowest BCUT2D eigenvalue weighted by molar-refractivity contribution is -0.137. The second-order valence-electron chi connectivity index (χ2n) is 6.75. The molecule has 5 heteroatoms. The average Bonchev–Trinajstić information content (AvgIpc) is 2.98. The fourth-order valence-electron chi connectivity index (χ4n) is 3.69. The maximum absolute atomic E-state index is 13.2. The van der Waals surface area contributed by atoms with E-state index in [9.17, 15) is 4.79 Å². The molecule has 4 rings (SSSR count). The van der Waals surface area contributed by atoms with Crippen LogP contribution in [0.2, 0.25) is 0 Å². The number of imidazole rings is 1. The number of hydrogen-bond acceptors (Lipinski definition) is 3. The Morgan fingerprint density at radius 3 is 2.71 bits per heavy atom. The van der Waals surface area contributed by atoms with Gasteiger partial charge in [0, 0.05) is 31.4 Å². The molecule has 1 aliphatic heterocycles. The molecule has 1 aromatic heterocycles. The number of nitriles is 1. The Balaban J connectivity index is 1.59. The Bertz CT molecular complexity index is 782. The van der Waals surface area contributed by atoms with E-state index in [2.05, 4.69) is 15.6 Å². The van der Waals surface area contributed by atoms with E-state index in [1.165, 1.54) is 6.42 Å². The standard InChI is InChI=1S/C19H20N4O/c20-10-14-4-6-15(7-5-14)12-22-9-8-17-11-21-13-23(17)18(19(22)24)16-2-1-3-16/h4-7,11,13,16,18H,1-3,8-9,12H2. The minimum absolute atomic E-state index is 0.0999. The summed E-state index contributed by atoms with van der Waals surface area (Å²) in [7, 11) is 0. The summed E-state index contributed by atoms with van der Waals surface area (Å²) in [6.07, 6.45) is 8.02. The number of amides is 1. The summed E-state index contributed by atoms with van der Waals surface area (Å²) in [6.45, 7) is 1.32. The minimum atomic E-state index is -0.0999. The van der Waals surface area contributed by atoms with Gasteiger partial charge in [-0.15, -0.1) is 0 Å². The fraction of sp³-hybridized carbons (Fsp3) is 0.421. The first-order chi connectivity index (χ1) is 11.8. The van der Waals surface area contributed by atoms with Gasteiger partial charge in [-0.25, -0.2) is 4.98 Å². The van der Waals surface area contributed by atoms with Crippen LogP contribution in [0.15, 0.2) is 36.8 Å². The summed E-state index contributed by atoms with van der Waals surface area (Å²) in [5, 5.41) is 8.91. The Hall–Kier alpha value is -2.61. The average molecular weight is 320 g/mol. The highest BCUT2D eigenvalue weighted by Gasteiger charge is 2.38. The van der Waals surface area contributed by atoms with Crippen molar-refractivity contribution in [1.82, 2.24) is 14.5 Å². The molecule has 0 spiro atoms. The van der Waals surface area contributed by atoms with E-state index in [1.807, 2.05) is 41.7 Å². The Morgan fingerprint density at radius 1 is 1.25 bits per heavy atom. The van der Waals surface area contributed by atoms with Gasteiger partial charge in [0.25, 0.3) is 0 Å². The Labute approximate surface area is 141 Å². The van der Waals surface area contributed by atoms with E-state index >= 15 is 0 Å². The van der Waals surface area contributed by atoms with Crippen molar-refractivity contribution >= 4 is 5.91 Å². The lowest BCUT2D eigenvalue weighted by Crippen LogP contribution is -2.40. The Kier molecular flexibility index (Phi) is 3.81. The minimum Gasteiger partial charge on any atom is -0.336 e. The third-order valence-corrected chi connectivity index (χ3v) is 5.30. The largest absolute Gasteiger partial charge is 0.336 e. The molecule has 2 aliphatic rings. The molecule has 2 heterocycles. The molecular weight excluding hydrogens is 300 g/mol. The van der Waals surface area contributed by atoms with Crippen molar-refractivity contribution in [3.63, 3.8) is 0 Å². The van der Waals surface area contributed by atoms with Gasteiger partial charge in [-0.3, -0.25) is 4.79 Å². The molecule has 0 N–H and O–H groups in total. The number of hydrogen-bond donors (Lipinski definition) is 0. The van der Waals surface area contributed by atoms with Gasteiger partial charge >= 0.3 is 0 Å². The summed E-state index contributed by atoms with van der Waals surface area (Å²) in [4.78, 5) is 19.4. The van der Waals surface area contributed by atoms with Crippen LogP contribution in [0.5, 0.6) is 0 Å². The van der Waals surface area contributed by atoms with Crippen molar-refractivity contribution in [3.05, 3.63) is 53.6 Å². The van der Waals surface area contributed by atoms with Crippen LogP contribution in [0.3, 0.4) is 0 Å². The fourth-order valence-corrected chi connectivity index (χ4v) is 3.69. The maximum Gasteiger partial charge on any atom is 0.246 e. The molecule has 122 valence electrons. The van der Waals surface area contributed by atoms with Gasteiger partial charge in [0.1, 0.15) is 6.04 Å². The molecule has 1 aliphatic carbocycles. The third-order valence-electron chi connectivity index (χ3n) is 5.30. The number of rotatable bonds is 3. The number of nitrogens with zero attached hydrogens (tertiary/aromatic N) is 4. The van der Waals surface area contributed by atoms with E-state index in [0.29, 0.717) is 24.6 Å². The molecule has 1 aromatic carbocycles. The lowest BCUT2D eigenvalue weighted by Gasteiger charge is -2.35. The molecule has 1 amide bonds. The summed E-state index contributed by atoms with van der Waals surface area (Å²) in [6, 6.07) is 9.54. The smallest absolute Gasteiger partial charge is 0.246 e. The molecular formula is C19H20N4O. The highest BCUT2D eigenvalue weighted by molar-refractivity contribution is 5.81. The predicted octanol–water partition coefficient (Wildman–Crippen LogP) is 2.68. The Morgan fingerprint density at radius 2 is 2.04 bits per heavy atom. The number of benzene rings is 1. The van der Waals surface area contributed by atoms with Crippen LogP contribution >= 0.6 is 0 Å². The van der Waals surface area contributed by atoms with E-state index < -0.39 is 0 Å². The van der Waals surface area contributed by atoms with Crippen molar-refractivity contribution in [2.45, 2.75) is 38.3 Å². The van der Waals surface area contributed by atoms with Gasteiger partial charge in [-0.1, -0.05) is 18.6 Å². The van der Waals surface area contributed by atoms with Gasteiger partial charge in [-0.05, 0) is 36.5 Å². The molecule has 0 saturated heterocycles. The van der Waals surface area contributed by atoms with Crippen molar-refractivity contribution in [2.75, 3.05) is 6.54 Å². The first-order valence-electron chi connectivity index (χ1n) is 8.55. The zero-order chi connectivity index (χ0) is 16.5. The first kappa shape index (κ1) is 14.9. The van der Waals surface area contributed by atoms with Crippen LogP contribution < -0.4 is 0 Å². The zero-order valence-corrected chi connectivity index (χ0v) is 13.6. The van der Waals surface area contributed by atoms with E-state index in [0.717, 1.165) is 30.5 Å². The summed E-state index contributed by atoms with van der Waals surface area (Å²) < 4.78 is 2.10. The van der Waals surface area contributed by atoms with Crippen molar-refractivity contribution in [2.24, 2.45) is 5.92 Å². The van der Waals surface area contributed by atoms with Crippen LogP contribution in [0, 0.1) is 17.2 Å². The molecule has 24 heavy (non-hydrogen) atoms. The van der Waals surface area contributed by atoms with Gasteiger partial charge in [-0.2, -0.15) is 5.26 Å². The highest BCUT2D eigenvalue weighted by Crippen LogP contribution is 2.39. The third kappa shape index (κ3) is 2.58. The summed E-state index contributed by atoms with van der Waals surface area (Å²) >= 11 is 0. The van der Waals surface area contributed by atoms with Crippen molar-refractivity contribution in [1.29, 1.82) is 5.26 Å². The predicted molar refractivity (Wildman–Crippen MR) is 88.9 cm³/mol. The summed E-state index contributed by atoms with van der Waals surface area (Å²) in [5.74, 6) is 0.646. The van der Waals surface area contributed by atoms with Crippen LogP contribution in [-0.4, -0.2) is 26.9 Å². The van der Waals surface area contributed by atoms with Crippen molar-refractivity contribution < 1.29 is 4.79 Å². The van der Waals surface area contributed by atoms with Crippen molar-refractivity contribution in [3.8, 4) is 6.07 Å². The first-order valence-corrected chi connectivity index (χ1v) is 8.55. The zero-order valence-electron chi connectivity index (χ0n) is 13.6. The van der Waals surface area contributed by atoms with Crippen LogP contribution in [0.4, 0.5) is 0 Å². The summed E-state index contributed by atoms with van der Waals surface area (Å²) in [5.41, 5.74) is 2.87. The maximum atomic E-state index is 13.2. The highest BCUT2D eigenvalue weighted by atomic mass is 16.2. The lowest BCUT2D eigenvalue weighted by atomic mass is 9.79. The monoisotopic (exact) mass is 320 g/mol. The second-order valence-corrected chi connectivity index (χ2v) is 6.75. The second kappa shape index (κ2) is 6.12. The number of carbonyl (C=O) groups is 1. The molecule has 1 fully saturated rings. The molecule has 1 atom stereocenters. The van der Waals surface area contributed by atoms with Gasteiger partial charge < -0.3 is 9.47 Å². The van der Waals surface area contributed by atoms with E-state index in [-0.39, 0.29) is 11.9 Å². The quantitative estimate of drug-likeness (QED) is 0.873. The topological polar surface area (TPSA) is 61.9 Å². The van der Waals surface area contributed by atoms with Crippen LogP contribution in [0.25, 0.3) is 0 Å². The number of fused-ring (bicyclic) bond motifs is 1. The molecule has 0 radical (unpaired) electrons. The molecule has 1 unspecified atom stereocenters. The molecule has 1 saturated carbocycles. The van der Waals surface area contributed by atoms with Gasteiger partial charge in [0.05, 0.1) is 18.0 Å². The molecule has 0 bridgehead atoms. The van der Waals surface area contributed by atoms with E-state index in [1.54, 1.807) is 0 Å². The number of aromatic nitrogens is 2. The molecule has 5 nitrogen and oxygen atoms in total. The van der Waals surface area contributed by atoms with Crippen LogP contribution in [0.1, 0.15) is 42.1 Å². The molecule has 2 aromatic rings. The van der Waals surface area contributed by atoms with Crippen LogP contribution in [-0.2, 0) is 17.8 Å².